The Morgan fingerprint density at radius 1 is 1.60 bits per heavy atom. The lowest BCUT2D eigenvalue weighted by Crippen LogP contribution is -2.30. The highest BCUT2D eigenvalue weighted by Crippen LogP contribution is 2.12. The first-order valence-electron chi connectivity index (χ1n) is 4.10. The molecule has 0 bridgehead atoms. The van der Waals surface area contributed by atoms with E-state index in [2.05, 4.69) is 31.0 Å². The van der Waals surface area contributed by atoms with Gasteiger partial charge in [0.25, 0.3) is 5.91 Å². The molecule has 1 N–H and O–H groups in total. The number of carbonyl (C=O) groups excluding carboxylic acids is 2. The summed E-state index contributed by atoms with van der Waals surface area (Å²) in [5.74, 6) is -0.928. The van der Waals surface area contributed by atoms with Crippen LogP contribution in [0.1, 0.15) is 10.5 Å². The molecular weight excluding hydrogens is 264 g/mol. The van der Waals surface area contributed by atoms with Gasteiger partial charge >= 0.3 is 5.97 Å². The molecule has 0 saturated heterocycles. The second-order valence-electron chi connectivity index (χ2n) is 2.59. The van der Waals surface area contributed by atoms with Crippen LogP contribution in [0.25, 0.3) is 0 Å². The number of nitrogens with zero attached hydrogens (tertiary/aromatic N) is 1. The third kappa shape index (κ3) is 3.32. The van der Waals surface area contributed by atoms with E-state index in [1.165, 1.54) is 13.3 Å². The molecule has 1 aromatic rings. The normalized spacial score (nSPS) is 9.47. The van der Waals surface area contributed by atoms with Gasteiger partial charge in [-0.1, -0.05) is 0 Å². The smallest absolute Gasteiger partial charge is 0.325 e. The number of rotatable bonds is 3. The van der Waals surface area contributed by atoms with Gasteiger partial charge in [-0.25, -0.2) is 4.98 Å². The highest BCUT2D eigenvalue weighted by Gasteiger charge is 2.11. The molecule has 0 unspecified atom stereocenters. The first-order chi connectivity index (χ1) is 7.15. The minimum absolute atomic E-state index is 0.168. The summed E-state index contributed by atoms with van der Waals surface area (Å²) in [6.07, 6.45) is 1.50. The average Bonchev–Trinajstić information content (AvgIpc) is 2.26. The number of esters is 1. The quantitative estimate of drug-likeness (QED) is 0.825. The molecule has 0 spiro atoms. The molecule has 0 saturated carbocycles. The largest absolute Gasteiger partial charge is 0.468 e. The SMILES string of the molecule is COC(=O)CNC(=O)c1ncccc1Br. The molecule has 0 atom stereocenters. The Morgan fingerprint density at radius 2 is 2.33 bits per heavy atom. The number of methoxy groups -OCH3 is 1. The van der Waals surface area contributed by atoms with Crippen molar-refractivity contribution in [3.05, 3.63) is 28.5 Å². The summed E-state index contributed by atoms with van der Waals surface area (Å²) >= 11 is 3.18. The summed E-state index contributed by atoms with van der Waals surface area (Å²) in [5, 5.41) is 2.38. The van der Waals surface area contributed by atoms with Crippen LogP contribution in [0, 0.1) is 0 Å². The third-order valence-electron chi connectivity index (χ3n) is 1.59. The zero-order valence-corrected chi connectivity index (χ0v) is 9.58. The fourth-order valence-electron chi connectivity index (χ4n) is 0.861. The molecule has 1 rings (SSSR count). The van der Waals surface area contributed by atoms with E-state index in [0.717, 1.165) is 0 Å². The van der Waals surface area contributed by atoms with Crippen molar-refractivity contribution in [1.82, 2.24) is 10.3 Å². The fraction of sp³-hybridized carbons (Fsp3) is 0.222. The fourth-order valence-corrected chi connectivity index (χ4v) is 1.30. The molecule has 6 heteroatoms. The van der Waals surface area contributed by atoms with Gasteiger partial charge in [-0.2, -0.15) is 0 Å². The molecule has 15 heavy (non-hydrogen) atoms. The van der Waals surface area contributed by atoms with Crippen LogP contribution in [0.15, 0.2) is 22.8 Å². The summed E-state index contributed by atoms with van der Waals surface area (Å²) in [6.45, 7) is -0.168. The van der Waals surface area contributed by atoms with Crippen molar-refractivity contribution in [2.75, 3.05) is 13.7 Å². The van der Waals surface area contributed by atoms with Gasteiger partial charge in [-0.3, -0.25) is 9.59 Å². The molecule has 0 aliphatic carbocycles. The van der Waals surface area contributed by atoms with Gasteiger partial charge < -0.3 is 10.1 Å². The molecule has 0 aliphatic heterocycles. The van der Waals surface area contributed by atoms with E-state index in [1.807, 2.05) is 0 Å². The van der Waals surface area contributed by atoms with Crippen molar-refractivity contribution in [3.63, 3.8) is 0 Å². The minimum Gasteiger partial charge on any atom is -0.468 e. The summed E-state index contributed by atoms with van der Waals surface area (Å²) < 4.78 is 4.96. The first-order valence-corrected chi connectivity index (χ1v) is 4.90. The van der Waals surface area contributed by atoms with Crippen LogP contribution < -0.4 is 5.32 Å². The predicted octanol–water partition coefficient (Wildman–Crippen LogP) is 0.747. The van der Waals surface area contributed by atoms with E-state index in [0.29, 0.717) is 4.47 Å². The van der Waals surface area contributed by atoms with E-state index in [-0.39, 0.29) is 12.2 Å². The Hall–Kier alpha value is -1.43. The van der Waals surface area contributed by atoms with Crippen molar-refractivity contribution >= 4 is 27.8 Å². The van der Waals surface area contributed by atoms with Crippen molar-refractivity contribution in [2.45, 2.75) is 0 Å². The standard InChI is InChI=1S/C9H9BrN2O3/c1-15-7(13)5-12-9(14)8-6(10)3-2-4-11-8/h2-4H,5H2,1H3,(H,12,14). The highest BCUT2D eigenvalue weighted by atomic mass is 79.9. The lowest BCUT2D eigenvalue weighted by Gasteiger charge is -2.04. The summed E-state index contributed by atoms with van der Waals surface area (Å²) in [7, 11) is 1.26. The monoisotopic (exact) mass is 272 g/mol. The van der Waals surface area contributed by atoms with Gasteiger partial charge in [-0.05, 0) is 28.1 Å². The predicted molar refractivity (Wildman–Crippen MR) is 56.3 cm³/mol. The molecule has 1 heterocycles. The molecule has 0 aromatic carbocycles. The number of hydrogen-bond acceptors (Lipinski definition) is 4. The van der Waals surface area contributed by atoms with Gasteiger partial charge in [0.15, 0.2) is 0 Å². The molecule has 1 aromatic heterocycles. The molecule has 0 aliphatic rings. The molecule has 1 amide bonds. The topological polar surface area (TPSA) is 68.3 Å². The Kier molecular flexibility index (Phi) is 4.23. The highest BCUT2D eigenvalue weighted by molar-refractivity contribution is 9.10. The van der Waals surface area contributed by atoms with Crippen LogP contribution >= 0.6 is 15.9 Å². The van der Waals surface area contributed by atoms with Gasteiger partial charge in [-0.15, -0.1) is 0 Å². The third-order valence-corrected chi connectivity index (χ3v) is 2.23. The first kappa shape index (κ1) is 11.6. The van der Waals surface area contributed by atoms with Gasteiger partial charge in [0, 0.05) is 10.7 Å². The zero-order chi connectivity index (χ0) is 11.3. The molecule has 80 valence electrons. The number of nitrogens with one attached hydrogen (secondary N) is 1. The molecule has 0 fully saturated rings. The van der Waals surface area contributed by atoms with Crippen molar-refractivity contribution in [3.8, 4) is 0 Å². The van der Waals surface area contributed by atoms with Crippen LogP contribution in [0.5, 0.6) is 0 Å². The van der Waals surface area contributed by atoms with Crippen molar-refractivity contribution < 1.29 is 14.3 Å². The number of halogens is 1. The summed E-state index contributed by atoms with van der Waals surface area (Å²) in [4.78, 5) is 26.1. The Bertz CT molecular complexity index is 381. The number of aromatic nitrogens is 1. The average molecular weight is 273 g/mol. The maximum Gasteiger partial charge on any atom is 0.325 e. The van der Waals surface area contributed by atoms with Gasteiger partial charge in [0.2, 0.25) is 0 Å². The second-order valence-corrected chi connectivity index (χ2v) is 3.45. The van der Waals surface area contributed by atoms with E-state index < -0.39 is 11.9 Å². The maximum atomic E-state index is 11.5. The van der Waals surface area contributed by atoms with Crippen LogP contribution in [0.3, 0.4) is 0 Å². The summed E-state index contributed by atoms with van der Waals surface area (Å²) in [6, 6.07) is 3.39. The number of amides is 1. The number of ether oxygens (including phenoxy) is 1. The number of carbonyl (C=O) groups is 2. The van der Waals surface area contributed by atoms with Crippen LogP contribution in [-0.4, -0.2) is 30.5 Å². The van der Waals surface area contributed by atoms with E-state index in [1.54, 1.807) is 12.1 Å². The van der Waals surface area contributed by atoms with Crippen molar-refractivity contribution in [1.29, 1.82) is 0 Å². The lowest BCUT2D eigenvalue weighted by atomic mass is 10.3. The van der Waals surface area contributed by atoms with E-state index in [9.17, 15) is 9.59 Å². The number of pyridine rings is 1. The Balaban J connectivity index is 2.62. The van der Waals surface area contributed by atoms with E-state index in [4.69, 9.17) is 0 Å². The maximum absolute atomic E-state index is 11.5. The molecular formula is C9H9BrN2O3. The second kappa shape index (κ2) is 5.45. The Labute approximate surface area is 95.0 Å². The minimum atomic E-state index is -0.504. The van der Waals surface area contributed by atoms with Crippen LogP contribution in [0.4, 0.5) is 0 Å². The van der Waals surface area contributed by atoms with Crippen LogP contribution in [0.2, 0.25) is 0 Å². The molecule has 5 nitrogen and oxygen atoms in total. The lowest BCUT2D eigenvalue weighted by molar-refractivity contribution is -0.139. The zero-order valence-electron chi connectivity index (χ0n) is 7.99. The van der Waals surface area contributed by atoms with E-state index >= 15 is 0 Å². The van der Waals surface area contributed by atoms with Crippen molar-refractivity contribution in [2.24, 2.45) is 0 Å². The van der Waals surface area contributed by atoms with Crippen LogP contribution in [-0.2, 0) is 9.53 Å². The Morgan fingerprint density at radius 3 is 2.93 bits per heavy atom. The molecule has 0 radical (unpaired) electrons. The number of hydrogen-bond donors (Lipinski definition) is 1. The summed E-state index contributed by atoms with van der Waals surface area (Å²) in [5.41, 5.74) is 0.237. The van der Waals surface area contributed by atoms with Gasteiger partial charge in [0.1, 0.15) is 12.2 Å². The van der Waals surface area contributed by atoms with Gasteiger partial charge in [0.05, 0.1) is 7.11 Å².